The molecule has 128 valence electrons. The highest BCUT2D eigenvalue weighted by Gasteiger charge is 2.18. The van der Waals surface area contributed by atoms with E-state index in [-0.39, 0.29) is 0 Å². The Labute approximate surface area is 159 Å². The fourth-order valence-electron chi connectivity index (χ4n) is 3.98. The van der Waals surface area contributed by atoms with Crippen LogP contribution in [0.15, 0.2) is 73.1 Å². The molecule has 6 rings (SSSR count). The summed E-state index contributed by atoms with van der Waals surface area (Å²) in [4.78, 5) is 9.40. The lowest BCUT2D eigenvalue weighted by atomic mass is 10.1. The molecule has 27 heavy (non-hydrogen) atoms. The number of benzene rings is 2. The van der Waals surface area contributed by atoms with Crippen molar-refractivity contribution in [3.63, 3.8) is 0 Å². The Morgan fingerprint density at radius 1 is 0.815 bits per heavy atom. The molecule has 4 heteroatoms. The summed E-state index contributed by atoms with van der Waals surface area (Å²) in [5.41, 5.74) is 4.48. The van der Waals surface area contributed by atoms with Gasteiger partial charge in [-0.1, -0.05) is 24.3 Å². The van der Waals surface area contributed by atoms with Gasteiger partial charge in [0.25, 0.3) is 0 Å². The maximum Gasteiger partial charge on any atom is 0.137 e. The number of rotatable bonds is 1. The molecule has 0 bridgehead atoms. The van der Waals surface area contributed by atoms with E-state index in [1.165, 1.54) is 31.1 Å². The fourth-order valence-corrected chi connectivity index (χ4v) is 5.23. The summed E-state index contributed by atoms with van der Waals surface area (Å²) in [6, 6.07) is 21.3. The van der Waals surface area contributed by atoms with Crippen LogP contribution in [0.5, 0.6) is 0 Å². The molecule has 0 fully saturated rings. The minimum Gasteiger partial charge on any atom is -0.292 e. The van der Waals surface area contributed by atoms with Crippen molar-refractivity contribution in [2.75, 3.05) is 0 Å². The number of thiophene rings is 1. The van der Waals surface area contributed by atoms with Gasteiger partial charge in [0.15, 0.2) is 0 Å². The largest absolute Gasteiger partial charge is 0.292 e. The minimum atomic E-state index is 0.934. The van der Waals surface area contributed by atoms with Gasteiger partial charge in [-0.25, -0.2) is 4.98 Å². The number of aromatic nitrogens is 3. The number of pyridine rings is 2. The lowest BCUT2D eigenvalue weighted by Gasteiger charge is -2.07. The van der Waals surface area contributed by atoms with Gasteiger partial charge >= 0.3 is 0 Å². The maximum absolute atomic E-state index is 4.76. The zero-order chi connectivity index (χ0) is 18.0. The number of fused-ring (bicyclic) bond motifs is 7. The van der Waals surface area contributed by atoms with Crippen LogP contribution >= 0.6 is 11.3 Å². The third-order valence-electron chi connectivity index (χ3n) is 5.16. The molecule has 4 heterocycles. The Kier molecular flexibility index (Phi) is 2.96. The molecular weight excluding hydrogens is 350 g/mol. The molecule has 0 radical (unpaired) electrons. The standard InChI is InChI=1S/C23H15N3S/c1-14-10-12-24-20(13-14)26-17-9-8-16-15-5-2-3-7-19(15)27-23(16)21(17)22-18(26)6-4-11-25-22/h2-13H,1H3. The molecule has 3 nitrogen and oxygen atoms in total. The Hall–Kier alpha value is -3.24. The van der Waals surface area contributed by atoms with Gasteiger partial charge in [0, 0.05) is 38.0 Å². The van der Waals surface area contributed by atoms with E-state index < -0.39 is 0 Å². The summed E-state index contributed by atoms with van der Waals surface area (Å²) in [6.45, 7) is 2.10. The molecule has 0 aliphatic carbocycles. The SMILES string of the molecule is Cc1ccnc(-n2c3cccnc3c3c4sc5ccccc5c4ccc32)c1. The van der Waals surface area contributed by atoms with Crippen LogP contribution < -0.4 is 0 Å². The smallest absolute Gasteiger partial charge is 0.137 e. The van der Waals surface area contributed by atoms with Crippen molar-refractivity contribution in [2.45, 2.75) is 6.92 Å². The molecular formula is C23H15N3S. The zero-order valence-electron chi connectivity index (χ0n) is 14.7. The molecule has 6 aromatic rings. The van der Waals surface area contributed by atoms with E-state index in [0.717, 1.165) is 22.4 Å². The third-order valence-corrected chi connectivity index (χ3v) is 6.36. The summed E-state index contributed by atoms with van der Waals surface area (Å²) >= 11 is 1.84. The van der Waals surface area contributed by atoms with Gasteiger partial charge in [-0.3, -0.25) is 9.55 Å². The highest BCUT2D eigenvalue weighted by Crippen LogP contribution is 2.42. The average Bonchev–Trinajstić information content (AvgIpc) is 3.23. The van der Waals surface area contributed by atoms with Crippen LogP contribution in [0.4, 0.5) is 0 Å². The molecule has 2 aromatic carbocycles. The molecule has 0 unspecified atom stereocenters. The summed E-state index contributed by atoms with van der Waals surface area (Å²) in [5.74, 6) is 0.934. The fraction of sp³-hybridized carbons (Fsp3) is 0.0435. The summed E-state index contributed by atoms with van der Waals surface area (Å²) < 4.78 is 4.84. The van der Waals surface area contributed by atoms with E-state index in [0.29, 0.717) is 0 Å². The number of nitrogens with zero attached hydrogens (tertiary/aromatic N) is 3. The van der Waals surface area contributed by atoms with Crippen LogP contribution in [0.1, 0.15) is 5.56 Å². The Balaban J connectivity index is 1.87. The van der Waals surface area contributed by atoms with E-state index in [4.69, 9.17) is 4.98 Å². The van der Waals surface area contributed by atoms with Crippen LogP contribution in [0, 0.1) is 6.92 Å². The van der Waals surface area contributed by atoms with Gasteiger partial charge in [0.1, 0.15) is 5.82 Å². The lowest BCUT2D eigenvalue weighted by Crippen LogP contribution is -1.97. The van der Waals surface area contributed by atoms with E-state index in [2.05, 4.69) is 65.0 Å². The van der Waals surface area contributed by atoms with Crippen LogP contribution in [-0.2, 0) is 0 Å². The molecule has 0 aliphatic heterocycles. The first-order valence-electron chi connectivity index (χ1n) is 8.94. The molecule has 0 saturated carbocycles. The Morgan fingerprint density at radius 3 is 2.67 bits per heavy atom. The first-order valence-corrected chi connectivity index (χ1v) is 9.75. The number of aryl methyl sites for hydroxylation is 1. The second-order valence-corrected chi connectivity index (χ2v) is 7.88. The Bertz CT molecular complexity index is 1490. The Morgan fingerprint density at radius 2 is 1.74 bits per heavy atom. The van der Waals surface area contributed by atoms with Crippen molar-refractivity contribution in [1.29, 1.82) is 0 Å². The summed E-state index contributed by atoms with van der Waals surface area (Å²) in [6.07, 6.45) is 3.75. The van der Waals surface area contributed by atoms with Crippen molar-refractivity contribution >= 4 is 53.4 Å². The van der Waals surface area contributed by atoms with Crippen LogP contribution in [0.2, 0.25) is 0 Å². The summed E-state index contributed by atoms with van der Waals surface area (Å²) in [5, 5.41) is 3.82. The molecule has 0 spiro atoms. The second-order valence-electron chi connectivity index (χ2n) is 6.83. The van der Waals surface area contributed by atoms with Crippen molar-refractivity contribution in [1.82, 2.24) is 14.5 Å². The number of hydrogen-bond donors (Lipinski definition) is 0. The van der Waals surface area contributed by atoms with Gasteiger partial charge in [-0.05, 0) is 48.9 Å². The van der Waals surface area contributed by atoms with Crippen molar-refractivity contribution < 1.29 is 0 Å². The van der Waals surface area contributed by atoms with Crippen LogP contribution in [0.25, 0.3) is 47.9 Å². The van der Waals surface area contributed by atoms with Crippen molar-refractivity contribution in [3.8, 4) is 5.82 Å². The second kappa shape index (κ2) is 5.38. The highest BCUT2D eigenvalue weighted by molar-refractivity contribution is 7.26. The maximum atomic E-state index is 4.76. The van der Waals surface area contributed by atoms with Crippen LogP contribution in [0.3, 0.4) is 0 Å². The van der Waals surface area contributed by atoms with E-state index in [1.54, 1.807) is 0 Å². The molecule has 0 amide bonds. The lowest BCUT2D eigenvalue weighted by molar-refractivity contribution is 1.07. The number of hydrogen-bond acceptors (Lipinski definition) is 3. The minimum absolute atomic E-state index is 0.934. The first-order chi connectivity index (χ1) is 13.3. The predicted octanol–water partition coefficient (Wildman–Crippen LogP) is 6.25. The predicted molar refractivity (Wildman–Crippen MR) is 114 cm³/mol. The molecule has 0 N–H and O–H groups in total. The quantitative estimate of drug-likeness (QED) is 0.345. The van der Waals surface area contributed by atoms with Gasteiger partial charge < -0.3 is 0 Å². The van der Waals surface area contributed by atoms with Gasteiger partial charge in [0.2, 0.25) is 0 Å². The molecule has 0 atom stereocenters. The van der Waals surface area contributed by atoms with Crippen molar-refractivity contribution in [3.05, 3.63) is 78.6 Å². The molecule has 0 aliphatic rings. The molecule has 0 saturated heterocycles. The third kappa shape index (κ3) is 2.02. The van der Waals surface area contributed by atoms with Gasteiger partial charge in [0.05, 0.1) is 16.6 Å². The zero-order valence-corrected chi connectivity index (χ0v) is 15.5. The molecule has 4 aromatic heterocycles. The highest BCUT2D eigenvalue weighted by atomic mass is 32.1. The average molecular weight is 365 g/mol. The van der Waals surface area contributed by atoms with Gasteiger partial charge in [-0.2, -0.15) is 0 Å². The van der Waals surface area contributed by atoms with E-state index in [9.17, 15) is 0 Å². The first kappa shape index (κ1) is 14.9. The summed E-state index contributed by atoms with van der Waals surface area (Å²) in [7, 11) is 0. The van der Waals surface area contributed by atoms with Crippen molar-refractivity contribution in [2.24, 2.45) is 0 Å². The monoisotopic (exact) mass is 365 g/mol. The van der Waals surface area contributed by atoms with Gasteiger partial charge in [-0.15, -0.1) is 11.3 Å². The normalized spacial score (nSPS) is 11.9. The topological polar surface area (TPSA) is 30.7 Å². The van der Waals surface area contributed by atoms with E-state index in [1.807, 2.05) is 35.9 Å². The van der Waals surface area contributed by atoms with Crippen LogP contribution in [-0.4, -0.2) is 14.5 Å². The van der Waals surface area contributed by atoms with E-state index >= 15 is 0 Å².